The minimum Gasteiger partial charge on any atom is -0.490 e. The van der Waals surface area contributed by atoms with Gasteiger partial charge in [0.15, 0.2) is 5.78 Å². The zero-order valence-electron chi connectivity index (χ0n) is 14.5. The largest absolute Gasteiger partial charge is 0.490 e. The van der Waals surface area contributed by atoms with E-state index in [1.54, 1.807) is 6.08 Å². The van der Waals surface area contributed by atoms with Crippen molar-refractivity contribution in [1.29, 1.82) is 0 Å². The molecule has 4 heteroatoms. The van der Waals surface area contributed by atoms with Gasteiger partial charge in [0.25, 0.3) is 0 Å². The summed E-state index contributed by atoms with van der Waals surface area (Å²) in [5.41, 5.74) is 3.95. The van der Waals surface area contributed by atoms with Gasteiger partial charge in [-0.3, -0.25) is 4.79 Å². The molecule has 130 valence electrons. The number of allylic oxidation sites excluding steroid dienone is 2. The number of hydrogen-bond acceptors (Lipinski definition) is 4. The molecule has 0 amide bonds. The molecule has 3 aliphatic carbocycles. The molecule has 0 radical (unpaired) electrons. The number of nitrogens with zero attached hydrogens (tertiary/aromatic N) is 1. The van der Waals surface area contributed by atoms with Gasteiger partial charge in [0, 0.05) is 17.8 Å². The third-order valence-corrected chi connectivity index (χ3v) is 6.24. The summed E-state index contributed by atoms with van der Waals surface area (Å²) in [6.45, 7) is 6.23. The fraction of sp³-hybridized carbons (Fsp3) is 0.429. The zero-order valence-corrected chi connectivity index (χ0v) is 14.5. The molecule has 1 aromatic carbocycles. The van der Waals surface area contributed by atoms with Crippen molar-refractivity contribution >= 4 is 11.5 Å². The second kappa shape index (κ2) is 5.87. The number of ketones is 1. The molecule has 0 spiro atoms. The van der Waals surface area contributed by atoms with Crippen LogP contribution in [0.4, 0.5) is 0 Å². The SMILES string of the molecule is C=CCOc1ccc2c(c1)CC=C1[C@@H]2CC[C@@]2(C)C(=O)/C(=N/O)C[C@@H]12. The fourth-order valence-electron chi connectivity index (χ4n) is 4.90. The highest BCUT2D eigenvalue weighted by Crippen LogP contribution is 2.57. The van der Waals surface area contributed by atoms with Crippen LogP contribution >= 0.6 is 0 Å². The molecule has 2 saturated carbocycles. The summed E-state index contributed by atoms with van der Waals surface area (Å²) >= 11 is 0. The van der Waals surface area contributed by atoms with Crippen LogP contribution in [0, 0.1) is 11.3 Å². The van der Waals surface area contributed by atoms with Gasteiger partial charge in [-0.15, -0.1) is 0 Å². The smallest absolute Gasteiger partial charge is 0.186 e. The monoisotopic (exact) mass is 337 g/mol. The van der Waals surface area contributed by atoms with Crippen molar-refractivity contribution in [1.82, 2.24) is 0 Å². The molecule has 2 fully saturated rings. The maximum absolute atomic E-state index is 12.6. The summed E-state index contributed by atoms with van der Waals surface area (Å²) in [6.07, 6.45) is 7.26. The number of Topliss-reactive ketones (excluding diaryl/α,β-unsaturated/α-hetero) is 1. The van der Waals surface area contributed by atoms with Crippen LogP contribution in [0.15, 0.2) is 47.7 Å². The van der Waals surface area contributed by atoms with Crippen LogP contribution in [0.1, 0.15) is 43.2 Å². The van der Waals surface area contributed by atoms with E-state index in [0.29, 0.717) is 24.7 Å². The van der Waals surface area contributed by atoms with E-state index in [9.17, 15) is 10.0 Å². The topological polar surface area (TPSA) is 58.9 Å². The van der Waals surface area contributed by atoms with Crippen LogP contribution in [-0.4, -0.2) is 23.3 Å². The number of carbonyl (C=O) groups is 1. The number of rotatable bonds is 3. The number of benzene rings is 1. The first-order valence-electron chi connectivity index (χ1n) is 8.90. The van der Waals surface area contributed by atoms with Crippen molar-refractivity contribution in [3.05, 3.63) is 53.6 Å². The van der Waals surface area contributed by atoms with Crippen molar-refractivity contribution in [3.8, 4) is 5.75 Å². The van der Waals surface area contributed by atoms with E-state index in [4.69, 9.17) is 4.74 Å². The summed E-state index contributed by atoms with van der Waals surface area (Å²) in [5.74, 6) is 1.43. The lowest BCUT2D eigenvalue weighted by Crippen LogP contribution is -2.37. The lowest BCUT2D eigenvalue weighted by Gasteiger charge is -2.43. The van der Waals surface area contributed by atoms with Gasteiger partial charge in [-0.05, 0) is 48.4 Å². The fourth-order valence-corrected chi connectivity index (χ4v) is 4.90. The highest BCUT2D eigenvalue weighted by atomic mass is 16.5. The number of hydrogen-bond donors (Lipinski definition) is 1. The third kappa shape index (κ3) is 2.35. The lowest BCUT2D eigenvalue weighted by molar-refractivity contribution is -0.122. The minimum absolute atomic E-state index is 0.0262. The van der Waals surface area contributed by atoms with Crippen LogP contribution in [0.3, 0.4) is 0 Å². The Labute approximate surface area is 147 Å². The second-order valence-electron chi connectivity index (χ2n) is 7.51. The molecule has 0 saturated heterocycles. The molecule has 0 aliphatic heterocycles. The summed E-state index contributed by atoms with van der Waals surface area (Å²) in [6, 6.07) is 6.33. The van der Waals surface area contributed by atoms with Crippen LogP contribution in [0.25, 0.3) is 0 Å². The van der Waals surface area contributed by atoms with Gasteiger partial charge in [-0.25, -0.2) is 0 Å². The van der Waals surface area contributed by atoms with Gasteiger partial charge in [-0.1, -0.05) is 42.4 Å². The Morgan fingerprint density at radius 2 is 2.32 bits per heavy atom. The highest BCUT2D eigenvalue weighted by Gasteiger charge is 2.55. The van der Waals surface area contributed by atoms with Gasteiger partial charge in [0.1, 0.15) is 18.1 Å². The maximum atomic E-state index is 12.6. The highest BCUT2D eigenvalue weighted by molar-refractivity contribution is 6.43. The van der Waals surface area contributed by atoms with Crippen LogP contribution in [0.2, 0.25) is 0 Å². The minimum atomic E-state index is -0.408. The van der Waals surface area contributed by atoms with Crippen molar-refractivity contribution in [2.24, 2.45) is 16.5 Å². The van der Waals surface area contributed by atoms with E-state index in [1.807, 2.05) is 13.0 Å². The first-order valence-corrected chi connectivity index (χ1v) is 8.90. The molecule has 3 atom stereocenters. The van der Waals surface area contributed by atoms with Gasteiger partial charge in [-0.2, -0.15) is 0 Å². The standard InChI is InChI=1S/C21H23NO3/c1-3-10-25-14-5-7-15-13(11-14)4-6-17-16(15)8-9-21(2)18(17)12-19(22-24)20(21)23/h3,5-7,11,16,18,24H,1,4,8-10,12H2,2H3/b22-19+/t16-,18+,21-/m1/s1. The molecule has 1 aromatic rings. The quantitative estimate of drug-likeness (QED) is 0.514. The van der Waals surface area contributed by atoms with E-state index < -0.39 is 5.41 Å². The Kier molecular flexibility index (Phi) is 3.78. The summed E-state index contributed by atoms with van der Waals surface area (Å²) < 4.78 is 5.66. The lowest BCUT2D eigenvalue weighted by atomic mass is 9.60. The molecule has 4 nitrogen and oxygen atoms in total. The predicted molar refractivity (Wildman–Crippen MR) is 96.3 cm³/mol. The van der Waals surface area contributed by atoms with E-state index >= 15 is 0 Å². The molecule has 25 heavy (non-hydrogen) atoms. The van der Waals surface area contributed by atoms with Crippen LogP contribution in [0.5, 0.6) is 5.75 Å². The van der Waals surface area contributed by atoms with Gasteiger partial charge in [0.2, 0.25) is 0 Å². The molecule has 0 unspecified atom stereocenters. The van der Waals surface area contributed by atoms with Crippen molar-refractivity contribution in [2.45, 2.75) is 38.5 Å². The number of ether oxygens (including phenoxy) is 1. The number of oxime groups is 1. The first kappa shape index (κ1) is 16.1. The molecule has 1 N–H and O–H groups in total. The van der Waals surface area contributed by atoms with Crippen molar-refractivity contribution in [3.63, 3.8) is 0 Å². The van der Waals surface area contributed by atoms with Gasteiger partial charge < -0.3 is 9.94 Å². The van der Waals surface area contributed by atoms with E-state index in [1.165, 1.54) is 16.7 Å². The van der Waals surface area contributed by atoms with Crippen molar-refractivity contribution < 1.29 is 14.7 Å². The first-order chi connectivity index (χ1) is 12.1. The van der Waals surface area contributed by atoms with E-state index in [-0.39, 0.29) is 11.7 Å². The number of fused-ring (bicyclic) bond motifs is 5. The Bertz CT molecular complexity index is 807. The average molecular weight is 337 g/mol. The molecular weight excluding hydrogens is 314 g/mol. The summed E-state index contributed by atoms with van der Waals surface area (Å²) in [7, 11) is 0. The normalized spacial score (nSPS) is 31.8. The number of carbonyl (C=O) groups excluding carboxylic acids is 1. The Hall–Kier alpha value is -2.36. The summed E-state index contributed by atoms with van der Waals surface area (Å²) in [4.78, 5) is 12.6. The Morgan fingerprint density at radius 1 is 1.48 bits per heavy atom. The molecule has 4 rings (SSSR count). The van der Waals surface area contributed by atoms with Crippen LogP contribution < -0.4 is 4.74 Å². The van der Waals surface area contributed by atoms with Gasteiger partial charge in [0.05, 0.1) is 0 Å². The van der Waals surface area contributed by atoms with Crippen LogP contribution in [-0.2, 0) is 11.2 Å². The van der Waals surface area contributed by atoms with Gasteiger partial charge >= 0.3 is 0 Å². The van der Waals surface area contributed by atoms with E-state index in [0.717, 1.165) is 25.0 Å². The molecule has 0 aromatic heterocycles. The van der Waals surface area contributed by atoms with Crippen molar-refractivity contribution in [2.75, 3.05) is 6.61 Å². The van der Waals surface area contributed by atoms with E-state index in [2.05, 4.69) is 29.9 Å². The zero-order chi connectivity index (χ0) is 17.6. The molecule has 0 heterocycles. The third-order valence-electron chi connectivity index (χ3n) is 6.24. The average Bonchev–Trinajstić information content (AvgIpc) is 2.90. The Morgan fingerprint density at radius 3 is 3.08 bits per heavy atom. The maximum Gasteiger partial charge on any atom is 0.186 e. The predicted octanol–water partition coefficient (Wildman–Crippen LogP) is 4.04. The second-order valence-corrected chi connectivity index (χ2v) is 7.51. The molecular formula is C21H23NO3. The molecule has 0 bridgehead atoms. The Balaban J connectivity index is 1.67. The molecule has 3 aliphatic rings. The summed E-state index contributed by atoms with van der Waals surface area (Å²) in [5, 5.41) is 12.5.